The van der Waals surface area contributed by atoms with Crippen molar-refractivity contribution >= 4 is 21.7 Å². The fraction of sp³-hybridized carbons (Fsp3) is 0.321. The first-order valence-electron chi connectivity index (χ1n) is 11.3. The molecular formula is C28H28NO+. The number of hydrogen-bond donors (Lipinski definition) is 0. The van der Waals surface area contributed by atoms with E-state index in [1.807, 2.05) is 0 Å². The first-order chi connectivity index (χ1) is 14.6. The number of hydrogen-bond acceptors (Lipinski definition) is 1. The summed E-state index contributed by atoms with van der Waals surface area (Å²) in [5.41, 5.74) is 7.95. The fourth-order valence-electron chi connectivity index (χ4n) is 5.71. The molecule has 2 aliphatic rings. The molecule has 0 atom stereocenters. The Morgan fingerprint density at radius 3 is 2.53 bits per heavy atom. The molecule has 2 nitrogen and oxygen atoms in total. The molecule has 4 aromatic rings. The minimum absolute atomic E-state index is 0.713. The van der Waals surface area contributed by atoms with E-state index in [0.29, 0.717) is 5.92 Å². The summed E-state index contributed by atoms with van der Waals surface area (Å²) in [5.74, 6) is 2.66. The highest BCUT2D eigenvalue weighted by Crippen LogP contribution is 2.48. The van der Waals surface area contributed by atoms with Crippen molar-refractivity contribution < 1.29 is 9.30 Å². The Labute approximate surface area is 178 Å². The molecule has 2 heterocycles. The van der Waals surface area contributed by atoms with E-state index in [0.717, 1.165) is 11.5 Å². The lowest BCUT2D eigenvalue weighted by Gasteiger charge is -2.23. The first-order valence-corrected chi connectivity index (χ1v) is 11.3. The molecule has 0 radical (unpaired) electrons. The number of fused-ring (bicyclic) bond motifs is 3. The lowest BCUT2D eigenvalue weighted by atomic mass is 9.83. The zero-order chi connectivity index (χ0) is 20.4. The summed E-state index contributed by atoms with van der Waals surface area (Å²) in [6.45, 7) is 4.46. The van der Waals surface area contributed by atoms with Gasteiger partial charge in [-0.05, 0) is 66.8 Å². The van der Waals surface area contributed by atoms with E-state index < -0.39 is 0 Å². The second-order valence-electron chi connectivity index (χ2n) is 9.22. The maximum absolute atomic E-state index is 6.50. The van der Waals surface area contributed by atoms with Crippen molar-refractivity contribution in [2.45, 2.75) is 51.9 Å². The molecule has 0 saturated heterocycles. The second kappa shape index (κ2) is 6.57. The van der Waals surface area contributed by atoms with Gasteiger partial charge in [0.1, 0.15) is 12.8 Å². The van der Waals surface area contributed by atoms with Crippen LogP contribution in [0, 0.1) is 13.8 Å². The van der Waals surface area contributed by atoms with Crippen LogP contribution in [0.25, 0.3) is 32.9 Å². The Morgan fingerprint density at radius 1 is 0.867 bits per heavy atom. The lowest BCUT2D eigenvalue weighted by Crippen LogP contribution is -2.33. The third-order valence-electron chi connectivity index (χ3n) is 7.45. The summed E-state index contributed by atoms with van der Waals surface area (Å²) in [6.07, 6.45) is 6.77. The standard InChI is InChI=1S/C28H28NO/c1-17-14-21-10-7-11-24-27(21)26(18(17)2)28-25(30-24)16-22-15-20(12-13-23(22)29(28)3)19-8-5-4-6-9-19/h7,10-16,19H,4-6,8-9H2,1-3H3/q+1. The number of pyridine rings is 1. The van der Waals surface area contributed by atoms with Gasteiger partial charge in [0.25, 0.3) is 5.69 Å². The SMILES string of the molecule is Cc1cc2cccc3c2c(c1C)-c1c(cc2cc(C4CCCCC4)ccc2[n+]1C)O3. The quantitative estimate of drug-likeness (QED) is 0.273. The van der Waals surface area contributed by atoms with Gasteiger partial charge in [0.2, 0.25) is 5.52 Å². The molecule has 1 aliphatic carbocycles. The summed E-state index contributed by atoms with van der Waals surface area (Å²) in [7, 11) is 2.19. The van der Waals surface area contributed by atoms with Gasteiger partial charge < -0.3 is 4.74 Å². The molecule has 0 unspecified atom stereocenters. The van der Waals surface area contributed by atoms with Crippen LogP contribution in [-0.2, 0) is 7.05 Å². The molecule has 0 spiro atoms. The number of aryl methyl sites for hydroxylation is 2. The molecule has 150 valence electrons. The van der Waals surface area contributed by atoms with Crippen LogP contribution >= 0.6 is 0 Å². The summed E-state index contributed by atoms with van der Waals surface area (Å²) in [6, 6.07) is 18.0. The maximum atomic E-state index is 6.50. The van der Waals surface area contributed by atoms with Gasteiger partial charge in [-0.2, -0.15) is 4.57 Å². The molecule has 0 N–H and O–H groups in total. The van der Waals surface area contributed by atoms with Gasteiger partial charge in [-0.25, -0.2) is 0 Å². The van der Waals surface area contributed by atoms with Gasteiger partial charge in [-0.15, -0.1) is 0 Å². The van der Waals surface area contributed by atoms with E-state index in [2.05, 4.69) is 74.0 Å². The summed E-state index contributed by atoms with van der Waals surface area (Å²) in [5, 5.41) is 3.77. The van der Waals surface area contributed by atoms with Crippen molar-refractivity contribution in [1.82, 2.24) is 0 Å². The Bertz CT molecular complexity index is 1330. The highest BCUT2D eigenvalue weighted by Gasteiger charge is 2.31. The largest absolute Gasteiger partial charge is 0.450 e. The van der Waals surface area contributed by atoms with Crippen molar-refractivity contribution in [2.75, 3.05) is 0 Å². The molecule has 0 bridgehead atoms. The van der Waals surface area contributed by atoms with Gasteiger partial charge in [-0.3, -0.25) is 0 Å². The minimum Gasteiger partial charge on any atom is -0.450 e. The molecule has 3 aromatic carbocycles. The number of rotatable bonds is 1. The Balaban J connectivity index is 1.62. The number of benzene rings is 3. The Kier molecular flexibility index (Phi) is 3.93. The van der Waals surface area contributed by atoms with E-state index >= 15 is 0 Å². The third kappa shape index (κ3) is 2.52. The van der Waals surface area contributed by atoms with Gasteiger partial charge in [-0.1, -0.05) is 43.5 Å². The molecule has 2 heteroatoms. The molecule has 6 rings (SSSR count). The van der Waals surface area contributed by atoms with Crippen LogP contribution in [0.2, 0.25) is 0 Å². The van der Waals surface area contributed by atoms with Crippen molar-refractivity contribution in [2.24, 2.45) is 7.05 Å². The van der Waals surface area contributed by atoms with E-state index in [1.54, 1.807) is 0 Å². The van der Waals surface area contributed by atoms with Crippen molar-refractivity contribution in [3.8, 4) is 22.8 Å². The topological polar surface area (TPSA) is 13.1 Å². The lowest BCUT2D eigenvalue weighted by molar-refractivity contribution is -0.633. The molecule has 30 heavy (non-hydrogen) atoms. The van der Waals surface area contributed by atoms with Crippen LogP contribution < -0.4 is 9.30 Å². The highest BCUT2D eigenvalue weighted by atomic mass is 16.5. The molecule has 1 saturated carbocycles. The zero-order valence-electron chi connectivity index (χ0n) is 18.1. The molecule has 1 fully saturated rings. The number of nitrogens with zero attached hydrogens (tertiary/aromatic N) is 1. The van der Waals surface area contributed by atoms with Crippen LogP contribution in [0.1, 0.15) is 54.7 Å². The molecule has 1 aromatic heterocycles. The van der Waals surface area contributed by atoms with Gasteiger partial charge in [0.15, 0.2) is 5.75 Å². The van der Waals surface area contributed by atoms with E-state index in [9.17, 15) is 0 Å². The van der Waals surface area contributed by atoms with Crippen molar-refractivity contribution in [1.29, 1.82) is 0 Å². The van der Waals surface area contributed by atoms with Crippen LogP contribution in [0.15, 0.2) is 48.5 Å². The average molecular weight is 395 g/mol. The van der Waals surface area contributed by atoms with Crippen molar-refractivity contribution in [3.05, 3.63) is 65.2 Å². The van der Waals surface area contributed by atoms with Gasteiger partial charge in [0.05, 0.1) is 10.9 Å². The monoisotopic (exact) mass is 394 g/mol. The summed E-state index contributed by atoms with van der Waals surface area (Å²) in [4.78, 5) is 0. The predicted molar refractivity (Wildman–Crippen MR) is 123 cm³/mol. The zero-order valence-corrected chi connectivity index (χ0v) is 18.1. The number of ether oxygens (including phenoxy) is 1. The number of aromatic nitrogens is 1. The van der Waals surface area contributed by atoms with Crippen LogP contribution in [0.5, 0.6) is 11.5 Å². The van der Waals surface area contributed by atoms with E-state index in [1.165, 1.54) is 81.7 Å². The highest BCUT2D eigenvalue weighted by molar-refractivity contribution is 6.05. The van der Waals surface area contributed by atoms with Crippen LogP contribution in [-0.4, -0.2) is 0 Å². The van der Waals surface area contributed by atoms with E-state index in [4.69, 9.17) is 4.74 Å². The van der Waals surface area contributed by atoms with E-state index in [-0.39, 0.29) is 0 Å². The molecular weight excluding hydrogens is 366 g/mol. The Morgan fingerprint density at radius 2 is 1.70 bits per heavy atom. The smallest absolute Gasteiger partial charge is 0.256 e. The third-order valence-corrected chi connectivity index (χ3v) is 7.45. The normalized spacial score (nSPS) is 16.0. The van der Waals surface area contributed by atoms with Gasteiger partial charge in [0, 0.05) is 17.5 Å². The van der Waals surface area contributed by atoms with Crippen molar-refractivity contribution in [3.63, 3.8) is 0 Å². The maximum Gasteiger partial charge on any atom is 0.256 e. The predicted octanol–water partition coefficient (Wildman–Crippen LogP) is 7.25. The second-order valence-corrected chi connectivity index (χ2v) is 9.22. The average Bonchev–Trinajstić information content (AvgIpc) is 2.77. The van der Waals surface area contributed by atoms with Gasteiger partial charge >= 0.3 is 0 Å². The summed E-state index contributed by atoms with van der Waals surface area (Å²) < 4.78 is 8.84. The fourth-order valence-corrected chi connectivity index (χ4v) is 5.71. The van der Waals surface area contributed by atoms with Crippen LogP contribution in [0.4, 0.5) is 0 Å². The minimum atomic E-state index is 0.713. The first kappa shape index (κ1) is 17.9. The summed E-state index contributed by atoms with van der Waals surface area (Å²) >= 11 is 0. The molecule has 1 aliphatic heterocycles. The molecule has 0 amide bonds. The van der Waals surface area contributed by atoms with Crippen LogP contribution in [0.3, 0.4) is 0 Å². The Hall–Kier alpha value is -2.87.